The molecule has 0 bridgehead atoms. The summed E-state index contributed by atoms with van der Waals surface area (Å²) >= 11 is 1.46. The van der Waals surface area contributed by atoms with Gasteiger partial charge in [0.1, 0.15) is 18.0 Å². The van der Waals surface area contributed by atoms with Crippen molar-refractivity contribution in [3.05, 3.63) is 72.2 Å². The predicted octanol–water partition coefficient (Wildman–Crippen LogP) is 4.36. The van der Waals surface area contributed by atoms with Gasteiger partial charge in [-0.15, -0.1) is 0 Å². The molecule has 3 aromatic heterocycles. The Bertz CT molecular complexity index is 1280. The van der Waals surface area contributed by atoms with E-state index in [1.165, 1.54) is 11.8 Å². The number of aromatic nitrogens is 3. The third-order valence-electron chi connectivity index (χ3n) is 4.46. The monoisotopic (exact) mass is 396 g/mol. The Kier molecular flexibility index (Phi) is 4.90. The summed E-state index contributed by atoms with van der Waals surface area (Å²) in [6, 6.07) is 17.8. The number of nitriles is 2. The van der Waals surface area contributed by atoms with E-state index in [1.807, 2.05) is 67.8 Å². The summed E-state index contributed by atoms with van der Waals surface area (Å²) in [7, 11) is 3.89. The van der Waals surface area contributed by atoms with E-state index in [0.29, 0.717) is 11.1 Å². The number of benzene rings is 1. The summed E-state index contributed by atoms with van der Waals surface area (Å²) in [4.78, 5) is 8.13. The average Bonchev–Trinajstić information content (AvgIpc) is 3.17. The Balaban J connectivity index is 1.86. The lowest BCUT2D eigenvalue weighted by molar-refractivity contribution is 0.951. The quantitative estimate of drug-likeness (QED) is 0.510. The first-order valence-electron chi connectivity index (χ1n) is 8.83. The van der Waals surface area contributed by atoms with Gasteiger partial charge in [0.25, 0.3) is 0 Å². The second-order valence-corrected chi connectivity index (χ2v) is 7.65. The molecule has 0 saturated carbocycles. The van der Waals surface area contributed by atoms with Crippen molar-refractivity contribution < 1.29 is 0 Å². The highest BCUT2D eigenvalue weighted by atomic mass is 32.2. The molecule has 4 rings (SSSR count). The molecule has 3 heterocycles. The molecule has 0 spiro atoms. The van der Waals surface area contributed by atoms with Crippen molar-refractivity contribution in [2.45, 2.75) is 9.79 Å². The van der Waals surface area contributed by atoms with Crippen LogP contribution in [0.3, 0.4) is 0 Å². The fourth-order valence-electron chi connectivity index (χ4n) is 2.99. The summed E-state index contributed by atoms with van der Waals surface area (Å²) in [6.45, 7) is 0. The highest BCUT2D eigenvalue weighted by Crippen LogP contribution is 2.37. The molecule has 0 N–H and O–H groups in total. The molecular weight excluding hydrogens is 380 g/mol. The van der Waals surface area contributed by atoms with Crippen LogP contribution in [0.2, 0.25) is 0 Å². The zero-order valence-electron chi connectivity index (χ0n) is 15.9. The molecule has 4 aromatic rings. The average molecular weight is 396 g/mol. The Morgan fingerprint density at radius 2 is 1.72 bits per heavy atom. The molecule has 0 unspecified atom stereocenters. The Morgan fingerprint density at radius 3 is 2.41 bits per heavy atom. The maximum atomic E-state index is 9.51. The van der Waals surface area contributed by atoms with Crippen molar-refractivity contribution in [2.24, 2.45) is 0 Å². The zero-order valence-corrected chi connectivity index (χ0v) is 16.7. The minimum Gasteiger partial charge on any atom is -0.363 e. The van der Waals surface area contributed by atoms with Crippen molar-refractivity contribution in [3.8, 4) is 23.3 Å². The van der Waals surface area contributed by atoms with E-state index in [4.69, 9.17) is 0 Å². The van der Waals surface area contributed by atoms with Gasteiger partial charge in [-0.3, -0.25) is 0 Å². The molecule has 0 radical (unpaired) electrons. The minimum absolute atomic E-state index is 0.495. The van der Waals surface area contributed by atoms with E-state index >= 15 is 0 Å². The summed E-state index contributed by atoms with van der Waals surface area (Å²) in [5.41, 5.74) is 3.69. The Hall–Kier alpha value is -3.81. The van der Waals surface area contributed by atoms with Crippen LogP contribution in [-0.4, -0.2) is 28.7 Å². The molecule has 7 heteroatoms. The molecule has 0 fully saturated rings. The van der Waals surface area contributed by atoms with Crippen LogP contribution in [0.1, 0.15) is 11.1 Å². The fourth-order valence-corrected chi connectivity index (χ4v) is 4.08. The molecule has 29 heavy (non-hydrogen) atoms. The van der Waals surface area contributed by atoms with Crippen LogP contribution in [0.15, 0.2) is 70.8 Å². The third-order valence-corrected chi connectivity index (χ3v) is 5.57. The van der Waals surface area contributed by atoms with Crippen molar-refractivity contribution in [3.63, 3.8) is 0 Å². The van der Waals surface area contributed by atoms with Crippen molar-refractivity contribution in [1.29, 1.82) is 10.5 Å². The number of pyridine rings is 2. The molecule has 0 aliphatic heterocycles. The standard InChI is InChI=1S/C22H16N6S/c1-27(2)21-8-7-16(12-25-21)17-9-20(22-18(11-24)13-26-28(22)14-17)29-19-6-4-3-5-15(19)10-23/h3-9,12-14H,1-2H3. The fraction of sp³-hybridized carbons (Fsp3) is 0.0909. The van der Waals surface area contributed by atoms with Crippen LogP contribution in [0, 0.1) is 22.7 Å². The lowest BCUT2D eigenvalue weighted by atomic mass is 10.1. The van der Waals surface area contributed by atoms with E-state index in [1.54, 1.807) is 16.8 Å². The summed E-state index contributed by atoms with van der Waals surface area (Å²) in [6.07, 6.45) is 5.28. The molecule has 0 amide bonds. The number of hydrogen-bond donors (Lipinski definition) is 0. The maximum Gasteiger partial charge on any atom is 0.127 e. The van der Waals surface area contributed by atoms with E-state index in [9.17, 15) is 10.5 Å². The summed E-state index contributed by atoms with van der Waals surface area (Å²) in [5, 5.41) is 23.3. The van der Waals surface area contributed by atoms with Crippen LogP contribution in [0.5, 0.6) is 0 Å². The first kappa shape index (κ1) is 18.5. The molecular formula is C22H16N6S. The molecule has 0 atom stereocenters. The van der Waals surface area contributed by atoms with Gasteiger partial charge < -0.3 is 4.90 Å². The zero-order chi connectivity index (χ0) is 20.4. The summed E-state index contributed by atoms with van der Waals surface area (Å²) in [5.74, 6) is 0.873. The second-order valence-electron chi connectivity index (χ2n) is 6.57. The lowest BCUT2D eigenvalue weighted by Crippen LogP contribution is -2.10. The summed E-state index contributed by atoms with van der Waals surface area (Å²) < 4.78 is 1.71. The van der Waals surface area contributed by atoms with Crippen LogP contribution in [0.25, 0.3) is 16.6 Å². The SMILES string of the molecule is CN(C)c1ccc(-c2cc(Sc3ccccc3C#N)c3c(C#N)cnn3c2)cn1. The molecule has 0 aliphatic rings. The van der Waals surface area contributed by atoms with Gasteiger partial charge in [-0.25, -0.2) is 9.50 Å². The molecule has 0 aliphatic carbocycles. The van der Waals surface area contributed by atoms with Crippen molar-refractivity contribution >= 4 is 23.1 Å². The van der Waals surface area contributed by atoms with E-state index in [-0.39, 0.29) is 0 Å². The predicted molar refractivity (Wildman–Crippen MR) is 113 cm³/mol. The molecule has 0 saturated heterocycles. The van der Waals surface area contributed by atoms with Crippen molar-refractivity contribution in [1.82, 2.24) is 14.6 Å². The smallest absolute Gasteiger partial charge is 0.127 e. The van der Waals surface area contributed by atoms with Gasteiger partial charge in [-0.2, -0.15) is 15.6 Å². The minimum atomic E-state index is 0.495. The molecule has 6 nitrogen and oxygen atoms in total. The van der Waals surface area contributed by atoms with Gasteiger partial charge in [0.15, 0.2) is 0 Å². The number of rotatable bonds is 4. The van der Waals surface area contributed by atoms with E-state index in [2.05, 4.69) is 22.2 Å². The normalized spacial score (nSPS) is 10.5. The lowest BCUT2D eigenvalue weighted by Gasteiger charge is -2.12. The van der Waals surface area contributed by atoms with E-state index < -0.39 is 0 Å². The van der Waals surface area contributed by atoms with Crippen molar-refractivity contribution in [2.75, 3.05) is 19.0 Å². The van der Waals surface area contributed by atoms with Gasteiger partial charge in [0, 0.05) is 47.4 Å². The van der Waals surface area contributed by atoms with Gasteiger partial charge in [0.05, 0.1) is 22.8 Å². The van der Waals surface area contributed by atoms with Crippen LogP contribution in [-0.2, 0) is 0 Å². The Morgan fingerprint density at radius 1 is 0.931 bits per heavy atom. The van der Waals surface area contributed by atoms with Crippen LogP contribution >= 0.6 is 11.8 Å². The first-order valence-corrected chi connectivity index (χ1v) is 9.64. The van der Waals surface area contributed by atoms with Crippen LogP contribution in [0.4, 0.5) is 5.82 Å². The maximum absolute atomic E-state index is 9.51. The molecule has 140 valence electrons. The van der Waals surface area contributed by atoms with E-state index in [0.717, 1.165) is 32.3 Å². The van der Waals surface area contributed by atoms with Gasteiger partial charge >= 0.3 is 0 Å². The largest absolute Gasteiger partial charge is 0.363 e. The highest BCUT2D eigenvalue weighted by Gasteiger charge is 2.15. The number of anilines is 1. The number of hydrogen-bond acceptors (Lipinski definition) is 6. The third kappa shape index (κ3) is 3.52. The van der Waals surface area contributed by atoms with Gasteiger partial charge in [-0.05, 0) is 30.3 Å². The second kappa shape index (κ2) is 7.67. The number of fused-ring (bicyclic) bond motifs is 1. The molecule has 1 aromatic carbocycles. The Labute approximate surface area is 172 Å². The first-order chi connectivity index (χ1) is 14.1. The topological polar surface area (TPSA) is 81.0 Å². The van der Waals surface area contributed by atoms with Gasteiger partial charge in [-0.1, -0.05) is 23.9 Å². The van der Waals surface area contributed by atoms with Crippen LogP contribution < -0.4 is 4.90 Å². The number of nitrogens with zero attached hydrogens (tertiary/aromatic N) is 6. The van der Waals surface area contributed by atoms with Gasteiger partial charge in [0.2, 0.25) is 0 Å². The highest BCUT2D eigenvalue weighted by molar-refractivity contribution is 7.99.